The number of nitrogens with one attached hydrogen (secondary N) is 3. The first-order valence-electron chi connectivity index (χ1n) is 21.7. The van der Waals surface area contributed by atoms with Gasteiger partial charge in [-0.3, -0.25) is 41.0 Å². The minimum absolute atomic E-state index is 0.0948. The van der Waals surface area contributed by atoms with Gasteiger partial charge in [0.1, 0.15) is 28.1 Å². The number of carbonyl (C=O) groups is 4. The highest BCUT2D eigenvalue weighted by Crippen LogP contribution is 2.29. The summed E-state index contributed by atoms with van der Waals surface area (Å²) in [6.07, 6.45) is -3.57. The molecule has 9 N–H and O–H groups in total. The number of carbonyl (C=O) groups excluding carboxylic acids is 4. The molecule has 0 fully saturated rings. The summed E-state index contributed by atoms with van der Waals surface area (Å²) in [7, 11) is 0. The molecular formula is C46H70F2N8O17. The number of hydrogen-bond donors (Lipinski definition) is 7. The maximum Gasteiger partial charge on any atom is 0.519 e. The standard InChI is InChI=1S/C15H23N3O5.C11H13FN2O4.C10H18O5.C6H5FN2O2.C4H11NO/c1-14(2,3)23-13(19)17-10-6-7-11(12(8-10)18(21)22)16-9-15(4,5)20;1-11(2,3)18-10(15)13-7-4-5-8(12)9(6-7)14(16)17;1-9(2,3)14-7(11)13-8(12)15-10(4,5)6;7-5-2-1-4(8)3-6(5)9(10)11;1-4(2,6)3-5/h6-8,16,20H,9H2,1-5H3,(H,17,19);4-6H,1-3H3,(H,13,15);1-6H3;1-3H,8H2;6H,3,5H2,1-2H3. The predicted octanol–water partition coefficient (Wildman–Crippen LogP) is 10.1. The van der Waals surface area contributed by atoms with E-state index in [-0.39, 0.29) is 35.0 Å². The first-order valence-corrected chi connectivity index (χ1v) is 21.7. The smallest absolute Gasteiger partial charge is 0.444 e. The first kappa shape index (κ1) is 67.6. The Balaban J connectivity index is 0. The van der Waals surface area contributed by atoms with Crippen molar-refractivity contribution in [2.75, 3.05) is 34.8 Å². The van der Waals surface area contributed by atoms with E-state index >= 15 is 0 Å². The summed E-state index contributed by atoms with van der Waals surface area (Å²) in [5.74, 6) is -1.83. The minimum atomic E-state index is -1.06. The van der Waals surface area contributed by atoms with Gasteiger partial charge in [0.15, 0.2) is 0 Å². The molecule has 0 heterocycles. The van der Waals surface area contributed by atoms with Crippen molar-refractivity contribution in [2.45, 2.75) is 144 Å². The molecule has 410 valence electrons. The van der Waals surface area contributed by atoms with E-state index in [9.17, 15) is 63.4 Å². The average molecular weight is 1050 g/mol. The molecule has 3 aromatic rings. The molecule has 0 aliphatic carbocycles. The Bertz CT molecular complexity index is 2320. The highest BCUT2D eigenvalue weighted by Gasteiger charge is 2.25. The highest BCUT2D eigenvalue weighted by molar-refractivity contribution is 5.87. The lowest BCUT2D eigenvalue weighted by molar-refractivity contribution is -0.387. The molecule has 25 nitrogen and oxygen atoms in total. The normalized spacial score (nSPS) is 11.2. The van der Waals surface area contributed by atoms with Gasteiger partial charge in [0.05, 0.1) is 37.3 Å². The SMILES string of the molecule is CC(C)(C)OC(=O)Nc1ccc(F)c([N+](=O)[O-])c1.CC(C)(C)OC(=O)OC(=O)OC(C)(C)C.CC(C)(O)CN.CC(C)(O)CNc1ccc(NC(=O)OC(C)(C)C)cc1[N+](=O)[O-].Nc1ccc(F)c([N+](=O)[O-])c1. The van der Waals surface area contributed by atoms with Gasteiger partial charge in [0.25, 0.3) is 5.69 Å². The van der Waals surface area contributed by atoms with E-state index in [1.165, 1.54) is 30.3 Å². The van der Waals surface area contributed by atoms with Crippen LogP contribution in [0.1, 0.15) is 111 Å². The number of aliphatic hydroxyl groups is 2. The molecule has 0 aromatic heterocycles. The van der Waals surface area contributed by atoms with E-state index in [1.54, 1.807) is 111 Å². The number of nitrogens with two attached hydrogens (primary N) is 2. The monoisotopic (exact) mass is 1040 g/mol. The van der Waals surface area contributed by atoms with Crippen molar-refractivity contribution in [2.24, 2.45) is 5.73 Å². The van der Waals surface area contributed by atoms with Crippen molar-refractivity contribution in [3.63, 3.8) is 0 Å². The summed E-state index contributed by atoms with van der Waals surface area (Å²) >= 11 is 0. The van der Waals surface area contributed by atoms with Crippen molar-refractivity contribution in [3.8, 4) is 0 Å². The van der Waals surface area contributed by atoms with Crippen LogP contribution in [0.2, 0.25) is 0 Å². The van der Waals surface area contributed by atoms with Crippen molar-refractivity contribution in [1.29, 1.82) is 0 Å². The van der Waals surface area contributed by atoms with Crippen molar-refractivity contribution in [1.82, 2.24) is 0 Å². The Labute approximate surface area is 421 Å². The lowest BCUT2D eigenvalue weighted by Gasteiger charge is -2.20. The van der Waals surface area contributed by atoms with Crippen LogP contribution in [0.4, 0.5) is 67.8 Å². The molecule has 0 atom stereocenters. The van der Waals surface area contributed by atoms with E-state index < -0.39 is 95.9 Å². The van der Waals surface area contributed by atoms with Gasteiger partial charge in [-0.1, -0.05) is 0 Å². The maximum atomic E-state index is 13.0. The van der Waals surface area contributed by atoms with E-state index in [1.807, 2.05) is 0 Å². The molecule has 0 aliphatic heterocycles. The average Bonchev–Trinajstić information content (AvgIpc) is 3.16. The third kappa shape index (κ3) is 35.3. The number of rotatable bonds is 9. The third-order valence-electron chi connectivity index (χ3n) is 6.95. The van der Waals surface area contributed by atoms with Crippen LogP contribution < -0.4 is 27.4 Å². The molecule has 3 aromatic carbocycles. The largest absolute Gasteiger partial charge is 0.519 e. The molecule has 0 unspecified atom stereocenters. The minimum Gasteiger partial charge on any atom is -0.444 e. The summed E-state index contributed by atoms with van der Waals surface area (Å²) in [6, 6.07) is 10.5. The van der Waals surface area contributed by atoms with Gasteiger partial charge in [0, 0.05) is 37.0 Å². The molecule has 0 spiro atoms. The Kier molecular flexibility index (Phi) is 26.4. The first-order chi connectivity index (χ1) is 32.7. The Morgan fingerprint density at radius 2 is 0.877 bits per heavy atom. The van der Waals surface area contributed by atoms with Gasteiger partial charge in [-0.15, -0.1) is 0 Å². The molecule has 0 saturated heterocycles. The summed E-state index contributed by atoms with van der Waals surface area (Å²) in [5, 5.41) is 57.7. The quantitative estimate of drug-likeness (QED) is 0.0261. The number of benzene rings is 3. The molecule has 0 radical (unpaired) electrons. The number of nitrogens with zero attached hydrogens (tertiary/aromatic N) is 3. The van der Waals surface area contributed by atoms with Crippen molar-refractivity contribution in [3.05, 3.63) is 96.6 Å². The highest BCUT2D eigenvalue weighted by atomic mass is 19.1. The molecule has 0 bridgehead atoms. The number of nitro benzene ring substituents is 3. The van der Waals surface area contributed by atoms with Crippen LogP contribution in [0.5, 0.6) is 0 Å². The van der Waals surface area contributed by atoms with Crippen LogP contribution in [-0.2, 0) is 23.7 Å². The van der Waals surface area contributed by atoms with Gasteiger partial charge in [-0.05, 0) is 147 Å². The zero-order valence-electron chi connectivity index (χ0n) is 43.9. The second kappa shape index (κ2) is 28.5. The van der Waals surface area contributed by atoms with Gasteiger partial charge in [0.2, 0.25) is 11.6 Å². The molecule has 73 heavy (non-hydrogen) atoms. The summed E-state index contributed by atoms with van der Waals surface area (Å²) < 4.78 is 49.4. The molecular weight excluding hydrogens is 975 g/mol. The third-order valence-corrected chi connectivity index (χ3v) is 6.95. The van der Waals surface area contributed by atoms with Gasteiger partial charge >= 0.3 is 35.9 Å². The fraction of sp³-hybridized carbons (Fsp3) is 0.522. The predicted molar refractivity (Wildman–Crippen MR) is 267 cm³/mol. The molecule has 0 aliphatic rings. The topological polar surface area (TPSA) is 372 Å². The molecule has 27 heteroatoms. The second-order valence-electron chi connectivity index (χ2n) is 20.3. The number of hydrogen-bond acceptors (Lipinski definition) is 20. The number of halogens is 2. The van der Waals surface area contributed by atoms with Crippen molar-refractivity contribution < 1.29 is 76.6 Å². The number of anilines is 4. The van der Waals surface area contributed by atoms with E-state index in [4.69, 9.17) is 35.5 Å². The summed E-state index contributed by atoms with van der Waals surface area (Å²) in [5.41, 5.74) is 5.10. The number of amides is 2. The van der Waals surface area contributed by atoms with E-state index in [2.05, 4.69) is 20.7 Å². The van der Waals surface area contributed by atoms with Crippen LogP contribution in [0.3, 0.4) is 0 Å². The lowest BCUT2D eigenvalue weighted by atomic mass is 10.1. The van der Waals surface area contributed by atoms with Crippen LogP contribution in [0.25, 0.3) is 0 Å². The lowest BCUT2D eigenvalue weighted by Crippen LogP contribution is -2.29. The Morgan fingerprint density at radius 3 is 1.19 bits per heavy atom. The van der Waals surface area contributed by atoms with Gasteiger partial charge in [-0.2, -0.15) is 8.78 Å². The number of nitro groups is 3. The Hall–Kier alpha value is -7.52. The zero-order valence-corrected chi connectivity index (χ0v) is 43.9. The molecule has 3 rings (SSSR count). The summed E-state index contributed by atoms with van der Waals surface area (Å²) in [4.78, 5) is 74.6. The van der Waals surface area contributed by atoms with Gasteiger partial charge < -0.3 is 50.7 Å². The summed E-state index contributed by atoms with van der Waals surface area (Å²) in [6.45, 7) is 27.2. The fourth-order valence-electron chi connectivity index (χ4n) is 4.07. The molecule has 0 saturated carbocycles. The number of ether oxygens (including phenoxy) is 5. The van der Waals surface area contributed by atoms with Crippen LogP contribution >= 0.6 is 0 Å². The zero-order chi connectivity index (χ0) is 57.7. The van der Waals surface area contributed by atoms with Crippen molar-refractivity contribution >= 4 is 64.3 Å². The second-order valence-corrected chi connectivity index (χ2v) is 20.3. The fourth-order valence-corrected chi connectivity index (χ4v) is 4.07. The van der Waals surface area contributed by atoms with Crippen LogP contribution in [0.15, 0.2) is 54.6 Å². The maximum absolute atomic E-state index is 13.0. The van der Waals surface area contributed by atoms with Gasteiger partial charge in [-0.25, -0.2) is 19.2 Å². The Morgan fingerprint density at radius 1 is 0.548 bits per heavy atom. The number of nitrogen functional groups attached to an aromatic ring is 1. The van der Waals surface area contributed by atoms with E-state index in [0.717, 1.165) is 24.3 Å². The molecule has 2 amide bonds. The van der Waals surface area contributed by atoms with E-state index in [0.29, 0.717) is 6.54 Å². The van der Waals surface area contributed by atoms with Crippen LogP contribution in [-0.4, -0.2) is 96.2 Å². The van der Waals surface area contributed by atoms with Crippen LogP contribution in [0, 0.1) is 42.0 Å².